The Morgan fingerprint density at radius 2 is 2.39 bits per heavy atom. The lowest BCUT2D eigenvalue weighted by atomic mass is 9.81. The number of nitrogens with zero attached hydrogens (tertiary/aromatic N) is 2. The van der Waals surface area contributed by atoms with Gasteiger partial charge in [0.05, 0.1) is 6.61 Å². The van der Waals surface area contributed by atoms with Gasteiger partial charge in [-0.05, 0) is 55.8 Å². The quantitative estimate of drug-likeness (QED) is 0.520. The Bertz CT molecular complexity index is 719. The molecule has 28 heavy (non-hydrogen) atoms. The number of rotatable bonds is 7. The number of piperidine rings is 1. The molecule has 0 bridgehead atoms. The summed E-state index contributed by atoms with van der Waals surface area (Å²) in [7, 11) is 0. The number of aliphatic imine (C=N–C) groups is 1. The minimum atomic E-state index is -0.491. The second-order valence-corrected chi connectivity index (χ2v) is 9.84. The van der Waals surface area contributed by atoms with E-state index in [4.69, 9.17) is 10.5 Å². The molecule has 1 aromatic heterocycles. The van der Waals surface area contributed by atoms with Gasteiger partial charge in [-0.25, -0.2) is 0 Å². The van der Waals surface area contributed by atoms with Crippen LogP contribution in [0.4, 0.5) is 0 Å². The van der Waals surface area contributed by atoms with Crippen molar-refractivity contribution in [1.82, 2.24) is 4.90 Å². The number of nitrogens with two attached hydrogens (primary N) is 1. The number of thiophene rings is 1. The molecule has 1 saturated heterocycles. The molecule has 3 N–H and O–H groups in total. The average molecular weight is 424 g/mol. The van der Waals surface area contributed by atoms with Crippen LogP contribution in [-0.4, -0.2) is 60.5 Å². The molecule has 0 amide bonds. The Balaban J connectivity index is 1.69. The van der Waals surface area contributed by atoms with E-state index >= 15 is 0 Å². The lowest BCUT2D eigenvalue weighted by molar-refractivity contribution is -0.137. The van der Waals surface area contributed by atoms with Crippen molar-refractivity contribution in [1.29, 1.82) is 0 Å². The van der Waals surface area contributed by atoms with Crippen LogP contribution in [0, 0.1) is 0 Å². The van der Waals surface area contributed by atoms with Crippen molar-refractivity contribution in [3.63, 3.8) is 0 Å². The highest BCUT2D eigenvalue weighted by atomic mass is 32.2. The fourth-order valence-electron chi connectivity index (χ4n) is 4.15. The molecule has 3 heterocycles. The fraction of sp³-hybridized carbons (Fsp3) is 0.667. The Hall–Kier alpha value is -0.860. The summed E-state index contributed by atoms with van der Waals surface area (Å²) in [6.45, 7) is 7.43. The van der Waals surface area contributed by atoms with Crippen LogP contribution in [0.3, 0.4) is 0 Å². The van der Waals surface area contributed by atoms with Gasteiger partial charge >= 0.3 is 0 Å². The van der Waals surface area contributed by atoms with Gasteiger partial charge in [-0.2, -0.15) is 11.8 Å². The lowest BCUT2D eigenvalue weighted by Gasteiger charge is -2.47. The number of aliphatic hydroxyl groups excluding tert-OH is 1. The summed E-state index contributed by atoms with van der Waals surface area (Å²) < 4.78 is 6.31. The van der Waals surface area contributed by atoms with Crippen molar-refractivity contribution < 1.29 is 9.84 Å². The SMILES string of the molecule is CCc1cc2c(s1)C1(CCN(CC(C=NCCSC)=CN)[C@@H](C)C1)OCC2O. The third-order valence-electron chi connectivity index (χ3n) is 5.78. The van der Waals surface area contributed by atoms with E-state index in [0.717, 1.165) is 55.8 Å². The number of hydrogen-bond donors (Lipinski definition) is 2. The summed E-state index contributed by atoms with van der Waals surface area (Å²) >= 11 is 3.63. The second-order valence-electron chi connectivity index (χ2n) is 7.72. The van der Waals surface area contributed by atoms with Crippen LogP contribution in [0.1, 0.15) is 48.1 Å². The summed E-state index contributed by atoms with van der Waals surface area (Å²) in [6.07, 6.45) is 8.09. The monoisotopic (exact) mass is 423 g/mol. The highest BCUT2D eigenvalue weighted by Crippen LogP contribution is 2.49. The lowest BCUT2D eigenvalue weighted by Crippen LogP contribution is -2.51. The number of ether oxygens (including phenoxy) is 1. The standard InChI is InChI=1S/C21H33N3O2S2/c1-4-17-9-18-19(25)14-26-21(20(18)28-17)5-7-24(15(2)10-21)13-16(11-22)12-23-6-8-27-3/h9,11-12,15,19,25H,4-8,10,13-14,22H2,1-3H3/t15-,19?,21?/m0/s1. The summed E-state index contributed by atoms with van der Waals surface area (Å²) in [4.78, 5) is 9.53. The van der Waals surface area contributed by atoms with Crippen LogP contribution in [0.25, 0.3) is 0 Å². The van der Waals surface area contributed by atoms with E-state index in [2.05, 4.69) is 36.1 Å². The van der Waals surface area contributed by atoms with Crippen LogP contribution >= 0.6 is 23.1 Å². The first kappa shape index (κ1) is 21.8. The van der Waals surface area contributed by atoms with Gasteiger partial charge in [0.1, 0.15) is 11.7 Å². The Labute approximate surface area is 177 Å². The highest BCUT2D eigenvalue weighted by Gasteiger charge is 2.46. The summed E-state index contributed by atoms with van der Waals surface area (Å²) in [5, 5.41) is 10.4. The van der Waals surface area contributed by atoms with E-state index in [-0.39, 0.29) is 5.60 Å². The van der Waals surface area contributed by atoms with Crippen LogP contribution in [0.2, 0.25) is 0 Å². The van der Waals surface area contributed by atoms with Crippen molar-refractivity contribution in [2.75, 3.05) is 38.2 Å². The molecule has 0 aliphatic carbocycles. The molecule has 7 heteroatoms. The zero-order valence-electron chi connectivity index (χ0n) is 17.2. The van der Waals surface area contributed by atoms with Gasteiger partial charge in [0, 0.05) is 47.4 Å². The van der Waals surface area contributed by atoms with Crippen molar-refractivity contribution >= 4 is 29.3 Å². The number of fused-ring (bicyclic) bond motifs is 2. The van der Waals surface area contributed by atoms with Crippen LogP contribution < -0.4 is 5.73 Å². The molecular weight excluding hydrogens is 390 g/mol. The summed E-state index contributed by atoms with van der Waals surface area (Å²) in [5.41, 5.74) is 7.76. The van der Waals surface area contributed by atoms with Crippen molar-refractivity contribution in [2.45, 2.75) is 50.9 Å². The minimum absolute atomic E-state index is 0.248. The normalized spacial score (nSPS) is 28.9. The van der Waals surface area contributed by atoms with E-state index in [9.17, 15) is 5.11 Å². The number of aliphatic hydroxyl groups is 1. The van der Waals surface area contributed by atoms with Gasteiger partial charge in [0.15, 0.2) is 0 Å². The molecule has 1 aromatic rings. The zero-order chi connectivity index (χ0) is 20.1. The summed E-state index contributed by atoms with van der Waals surface area (Å²) in [5.74, 6) is 1.03. The maximum atomic E-state index is 10.4. The number of thioether (sulfide) groups is 1. The molecule has 0 radical (unpaired) electrons. The van der Waals surface area contributed by atoms with E-state index in [1.165, 1.54) is 9.75 Å². The Morgan fingerprint density at radius 1 is 1.57 bits per heavy atom. The Morgan fingerprint density at radius 3 is 3.07 bits per heavy atom. The van der Waals surface area contributed by atoms with Crippen LogP contribution in [-0.2, 0) is 16.8 Å². The van der Waals surface area contributed by atoms with Crippen molar-refractivity contribution in [3.8, 4) is 0 Å². The topological polar surface area (TPSA) is 71.1 Å². The van der Waals surface area contributed by atoms with E-state index in [0.29, 0.717) is 12.6 Å². The fourth-order valence-corrected chi connectivity index (χ4v) is 5.78. The first-order valence-corrected chi connectivity index (χ1v) is 12.3. The number of hydrogen-bond acceptors (Lipinski definition) is 7. The number of aryl methyl sites for hydroxylation is 1. The van der Waals surface area contributed by atoms with Gasteiger partial charge in [-0.3, -0.25) is 9.89 Å². The van der Waals surface area contributed by atoms with E-state index in [1.807, 2.05) is 17.6 Å². The third-order valence-corrected chi connectivity index (χ3v) is 7.85. The third kappa shape index (κ3) is 4.65. The first-order valence-electron chi connectivity index (χ1n) is 10.1. The molecule has 3 rings (SSSR count). The summed E-state index contributed by atoms with van der Waals surface area (Å²) in [6, 6.07) is 2.56. The van der Waals surface area contributed by atoms with E-state index < -0.39 is 6.10 Å². The van der Waals surface area contributed by atoms with E-state index in [1.54, 1.807) is 18.0 Å². The van der Waals surface area contributed by atoms with Crippen molar-refractivity contribution in [3.05, 3.63) is 33.2 Å². The smallest absolute Gasteiger partial charge is 0.105 e. The maximum Gasteiger partial charge on any atom is 0.105 e. The molecule has 5 nitrogen and oxygen atoms in total. The molecular formula is C21H33N3O2S2. The molecule has 2 aliphatic heterocycles. The predicted molar refractivity (Wildman–Crippen MR) is 121 cm³/mol. The molecule has 156 valence electrons. The molecule has 2 unspecified atom stereocenters. The van der Waals surface area contributed by atoms with Gasteiger partial charge < -0.3 is 15.6 Å². The molecule has 0 saturated carbocycles. The van der Waals surface area contributed by atoms with Crippen LogP contribution in [0.5, 0.6) is 0 Å². The average Bonchev–Trinajstić information content (AvgIpc) is 3.15. The largest absolute Gasteiger partial charge is 0.404 e. The van der Waals surface area contributed by atoms with Gasteiger partial charge in [0.2, 0.25) is 0 Å². The maximum absolute atomic E-state index is 10.4. The number of likely N-dealkylation sites (tertiary alicyclic amines) is 1. The molecule has 3 atom stereocenters. The van der Waals surface area contributed by atoms with Crippen LogP contribution in [0.15, 0.2) is 22.8 Å². The Kier molecular flexibility index (Phi) is 7.61. The zero-order valence-corrected chi connectivity index (χ0v) is 18.8. The highest BCUT2D eigenvalue weighted by molar-refractivity contribution is 7.98. The molecule has 2 aliphatic rings. The molecule has 1 spiro atoms. The predicted octanol–water partition coefficient (Wildman–Crippen LogP) is 3.33. The van der Waals surface area contributed by atoms with Gasteiger partial charge in [-0.15, -0.1) is 11.3 Å². The van der Waals surface area contributed by atoms with Crippen molar-refractivity contribution in [2.24, 2.45) is 10.7 Å². The first-order chi connectivity index (χ1) is 13.5. The van der Waals surface area contributed by atoms with Gasteiger partial charge in [0.25, 0.3) is 0 Å². The molecule has 1 fully saturated rings. The van der Waals surface area contributed by atoms with Gasteiger partial charge in [-0.1, -0.05) is 6.92 Å². The minimum Gasteiger partial charge on any atom is -0.404 e. The molecule has 0 aromatic carbocycles. The second kappa shape index (κ2) is 9.76.